The van der Waals surface area contributed by atoms with Crippen molar-refractivity contribution in [2.75, 3.05) is 13.2 Å². The zero-order chi connectivity index (χ0) is 28.5. The second-order valence-electron chi connectivity index (χ2n) is 12.1. The van der Waals surface area contributed by atoms with E-state index in [1.165, 1.54) is 6.07 Å². The Morgan fingerprint density at radius 2 is 1.74 bits per heavy atom. The van der Waals surface area contributed by atoms with E-state index in [4.69, 9.17) is 23.4 Å². The van der Waals surface area contributed by atoms with E-state index in [2.05, 4.69) is 45.7 Å². The highest BCUT2D eigenvalue weighted by atomic mass is 28.4. The molecule has 2 saturated heterocycles. The monoisotopic (exact) mass is 553 g/mol. The third-order valence-corrected chi connectivity index (χ3v) is 12.2. The summed E-state index contributed by atoms with van der Waals surface area (Å²) in [5, 5.41) is 11.6. The fraction of sp³-hybridized carbons (Fsp3) is 0.533. The summed E-state index contributed by atoms with van der Waals surface area (Å²) in [5.41, 5.74) is 0.276. The first-order chi connectivity index (χ1) is 18.2. The topological polar surface area (TPSA) is 89.3 Å². The SMILES string of the molecule is CC1(C)O[C@@H]2[C@@H](COCc3ccccc3)O[C@@H](C#Cc3ccccc3[N+](=O)[O-])[C@]2(CO[Si](C)(C)C(C)(C)C)O1. The largest absolute Gasteiger partial charge is 0.414 e. The van der Waals surface area contributed by atoms with Gasteiger partial charge >= 0.3 is 0 Å². The molecule has 0 N–H and O–H groups in total. The summed E-state index contributed by atoms with van der Waals surface area (Å²) in [5.74, 6) is 5.25. The highest BCUT2D eigenvalue weighted by Gasteiger charge is 2.66. The van der Waals surface area contributed by atoms with Crippen LogP contribution in [0, 0.1) is 22.0 Å². The van der Waals surface area contributed by atoms with E-state index in [0.29, 0.717) is 12.2 Å². The lowest BCUT2D eigenvalue weighted by atomic mass is 9.91. The number of fused-ring (bicyclic) bond motifs is 1. The average Bonchev–Trinajstić information content (AvgIpc) is 3.29. The quantitative estimate of drug-likeness (QED) is 0.176. The summed E-state index contributed by atoms with van der Waals surface area (Å²) in [6.07, 6.45) is -1.72. The molecule has 4 atom stereocenters. The van der Waals surface area contributed by atoms with Crippen LogP contribution in [-0.2, 0) is 30.0 Å². The Hall–Kier alpha value is -2.58. The molecule has 2 aromatic rings. The van der Waals surface area contributed by atoms with Gasteiger partial charge in [0.25, 0.3) is 5.69 Å². The van der Waals surface area contributed by atoms with Gasteiger partial charge in [-0.2, -0.15) is 0 Å². The Bertz CT molecular complexity index is 1230. The van der Waals surface area contributed by atoms with Crippen molar-refractivity contribution in [3.05, 3.63) is 75.8 Å². The van der Waals surface area contributed by atoms with E-state index in [1.54, 1.807) is 18.2 Å². The van der Waals surface area contributed by atoms with Gasteiger partial charge in [-0.25, -0.2) is 0 Å². The number of benzene rings is 2. The predicted molar refractivity (Wildman–Crippen MR) is 151 cm³/mol. The Kier molecular flexibility index (Phi) is 8.38. The Morgan fingerprint density at radius 3 is 2.41 bits per heavy atom. The highest BCUT2D eigenvalue weighted by molar-refractivity contribution is 6.74. The van der Waals surface area contributed by atoms with Crippen molar-refractivity contribution in [1.82, 2.24) is 0 Å². The Balaban J connectivity index is 1.66. The third kappa shape index (κ3) is 6.43. The van der Waals surface area contributed by atoms with Crippen molar-refractivity contribution < 1.29 is 28.3 Å². The predicted octanol–water partition coefficient (Wildman–Crippen LogP) is 5.84. The average molecular weight is 554 g/mol. The van der Waals surface area contributed by atoms with Crippen molar-refractivity contribution in [2.45, 2.75) is 89.1 Å². The van der Waals surface area contributed by atoms with Crippen molar-refractivity contribution >= 4 is 14.0 Å². The van der Waals surface area contributed by atoms with Crippen LogP contribution in [0.25, 0.3) is 0 Å². The molecular weight excluding hydrogens is 514 g/mol. The highest BCUT2D eigenvalue weighted by Crippen LogP contribution is 2.48. The van der Waals surface area contributed by atoms with Crippen molar-refractivity contribution in [1.29, 1.82) is 0 Å². The molecule has 2 aliphatic heterocycles. The maximum atomic E-state index is 11.6. The molecule has 9 heteroatoms. The van der Waals surface area contributed by atoms with Crippen LogP contribution in [0.15, 0.2) is 54.6 Å². The summed E-state index contributed by atoms with van der Waals surface area (Å²) in [4.78, 5) is 11.1. The van der Waals surface area contributed by atoms with Gasteiger partial charge in [0.1, 0.15) is 17.8 Å². The van der Waals surface area contributed by atoms with Crippen LogP contribution in [-0.4, -0.2) is 56.2 Å². The summed E-state index contributed by atoms with van der Waals surface area (Å²) in [7, 11) is -2.18. The molecule has 2 fully saturated rings. The number of ether oxygens (including phenoxy) is 4. The Labute approximate surface area is 232 Å². The summed E-state index contributed by atoms with van der Waals surface area (Å²) < 4.78 is 32.2. The van der Waals surface area contributed by atoms with Crippen LogP contribution in [0.5, 0.6) is 0 Å². The maximum Gasteiger partial charge on any atom is 0.284 e. The van der Waals surface area contributed by atoms with Gasteiger partial charge in [-0.1, -0.05) is 75.1 Å². The molecule has 0 aliphatic carbocycles. The van der Waals surface area contributed by atoms with E-state index >= 15 is 0 Å². The molecule has 0 aromatic heterocycles. The third-order valence-electron chi connectivity index (χ3n) is 7.72. The first kappa shape index (κ1) is 29.4. The number of nitrogens with zero attached hydrogens (tertiary/aromatic N) is 1. The molecule has 0 amide bonds. The molecule has 39 heavy (non-hydrogen) atoms. The molecule has 210 valence electrons. The lowest BCUT2D eigenvalue weighted by Crippen LogP contribution is -2.54. The number of nitro benzene ring substituents is 1. The van der Waals surface area contributed by atoms with Gasteiger partial charge in [0.05, 0.1) is 24.7 Å². The van der Waals surface area contributed by atoms with E-state index < -0.39 is 42.9 Å². The lowest BCUT2D eigenvalue weighted by molar-refractivity contribution is -0.385. The lowest BCUT2D eigenvalue weighted by Gasteiger charge is -2.40. The van der Waals surface area contributed by atoms with Gasteiger partial charge in [0.2, 0.25) is 0 Å². The smallest absolute Gasteiger partial charge is 0.284 e. The standard InChI is InChI=1S/C30H39NO7Si/c1-28(2,3)39(6,7)35-21-30-26(18-17-23-15-11-12-16-24(23)31(32)33)36-25(27(30)37-29(4,5)38-30)20-34-19-22-13-9-8-10-14-22/h8-16,25-27H,19-21H2,1-7H3/t25-,26+,27-,30+/m1/s1. The minimum Gasteiger partial charge on any atom is -0.414 e. The molecule has 2 heterocycles. The summed E-state index contributed by atoms with van der Waals surface area (Å²) >= 11 is 0. The molecule has 0 spiro atoms. The van der Waals surface area contributed by atoms with Crippen LogP contribution in [0.2, 0.25) is 18.1 Å². The number of para-hydroxylation sites is 1. The van der Waals surface area contributed by atoms with Crippen LogP contribution in [0.1, 0.15) is 45.7 Å². The molecule has 2 aliphatic rings. The minimum atomic E-state index is -2.18. The summed E-state index contributed by atoms with van der Waals surface area (Å²) in [6.45, 7) is 15.6. The minimum absolute atomic E-state index is 0.0163. The fourth-order valence-electron chi connectivity index (χ4n) is 4.63. The number of hydrogen-bond acceptors (Lipinski definition) is 7. The zero-order valence-electron chi connectivity index (χ0n) is 23.9. The zero-order valence-corrected chi connectivity index (χ0v) is 24.9. The van der Waals surface area contributed by atoms with Crippen LogP contribution in [0.3, 0.4) is 0 Å². The second-order valence-corrected chi connectivity index (χ2v) is 17.0. The summed E-state index contributed by atoms with van der Waals surface area (Å²) in [6, 6.07) is 16.3. The van der Waals surface area contributed by atoms with E-state index in [1.807, 2.05) is 44.2 Å². The van der Waals surface area contributed by atoms with Gasteiger partial charge in [0.15, 0.2) is 25.8 Å². The van der Waals surface area contributed by atoms with Crippen LogP contribution >= 0.6 is 0 Å². The van der Waals surface area contributed by atoms with Gasteiger partial charge < -0.3 is 23.4 Å². The van der Waals surface area contributed by atoms with E-state index in [9.17, 15) is 10.1 Å². The molecule has 4 rings (SSSR count). The van der Waals surface area contributed by atoms with Crippen LogP contribution in [0.4, 0.5) is 5.69 Å². The van der Waals surface area contributed by atoms with E-state index in [0.717, 1.165) is 5.56 Å². The molecular formula is C30H39NO7Si. The normalized spacial score (nSPS) is 26.1. The van der Waals surface area contributed by atoms with Crippen molar-refractivity contribution in [3.63, 3.8) is 0 Å². The van der Waals surface area contributed by atoms with Gasteiger partial charge in [-0.05, 0) is 43.6 Å². The fourth-order valence-corrected chi connectivity index (χ4v) is 5.65. The first-order valence-corrected chi connectivity index (χ1v) is 16.2. The van der Waals surface area contributed by atoms with Crippen molar-refractivity contribution in [2.24, 2.45) is 0 Å². The maximum absolute atomic E-state index is 11.6. The number of nitro groups is 1. The van der Waals surface area contributed by atoms with Gasteiger partial charge in [0, 0.05) is 6.07 Å². The van der Waals surface area contributed by atoms with Crippen molar-refractivity contribution in [3.8, 4) is 11.8 Å². The van der Waals surface area contributed by atoms with Gasteiger partial charge in [-0.15, -0.1) is 0 Å². The molecule has 0 bridgehead atoms. The molecule has 0 unspecified atom stereocenters. The molecule has 2 aromatic carbocycles. The van der Waals surface area contributed by atoms with E-state index in [-0.39, 0.29) is 23.9 Å². The number of hydrogen-bond donors (Lipinski definition) is 0. The molecule has 0 saturated carbocycles. The number of rotatable bonds is 8. The molecule has 8 nitrogen and oxygen atoms in total. The first-order valence-electron chi connectivity index (χ1n) is 13.3. The molecule has 0 radical (unpaired) electrons. The second kappa shape index (κ2) is 11.1. The van der Waals surface area contributed by atoms with Gasteiger partial charge in [-0.3, -0.25) is 10.1 Å². The van der Waals surface area contributed by atoms with Crippen LogP contribution < -0.4 is 0 Å². The Morgan fingerprint density at radius 1 is 1.08 bits per heavy atom.